The van der Waals surface area contributed by atoms with E-state index in [1.807, 2.05) is 36.4 Å². The summed E-state index contributed by atoms with van der Waals surface area (Å²) < 4.78 is 5.24. The second-order valence-corrected chi connectivity index (χ2v) is 6.09. The smallest absolute Gasteiger partial charge is 0.336 e. The quantitative estimate of drug-likeness (QED) is 0.494. The zero-order valence-electron chi connectivity index (χ0n) is 11.0. The van der Waals surface area contributed by atoms with E-state index in [9.17, 15) is 4.79 Å². The highest BCUT2D eigenvalue weighted by Gasteiger charge is 2.09. The lowest BCUT2D eigenvalue weighted by molar-refractivity contribution is 0.561. The summed E-state index contributed by atoms with van der Waals surface area (Å²) in [5.41, 5.74) is 3.41. The number of alkyl halides is 1. The lowest BCUT2D eigenvalue weighted by atomic mass is 9.99. The van der Waals surface area contributed by atoms with Gasteiger partial charge < -0.3 is 4.42 Å². The summed E-state index contributed by atoms with van der Waals surface area (Å²) >= 11 is 3.57. The first-order chi connectivity index (χ1) is 9.65. The Morgan fingerprint density at radius 2 is 1.85 bits per heavy atom. The van der Waals surface area contributed by atoms with Gasteiger partial charge in [-0.3, -0.25) is 0 Å². The van der Waals surface area contributed by atoms with Crippen LogP contribution in [-0.2, 0) is 0 Å². The van der Waals surface area contributed by atoms with E-state index in [0.717, 1.165) is 16.5 Å². The maximum absolute atomic E-state index is 11.7. The Balaban J connectivity index is 2.29. The molecule has 3 heteroatoms. The number of halogens is 1. The van der Waals surface area contributed by atoms with E-state index < -0.39 is 0 Å². The van der Waals surface area contributed by atoms with E-state index in [0.29, 0.717) is 5.58 Å². The molecule has 0 amide bonds. The topological polar surface area (TPSA) is 30.2 Å². The van der Waals surface area contributed by atoms with Crippen molar-refractivity contribution in [1.29, 1.82) is 0 Å². The number of hydrogen-bond donors (Lipinski definition) is 0. The fourth-order valence-electron chi connectivity index (χ4n) is 2.30. The summed E-state index contributed by atoms with van der Waals surface area (Å²) in [4.78, 5) is 12.0. The molecular weight excluding hydrogens is 316 g/mol. The fraction of sp³-hybridized carbons (Fsp3) is 0.118. The highest BCUT2D eigenvalue weighted by atomic mass is 79.9. The van der Waals surface area contributed by atoms with Crippen LogP contribution in [0.4, 0.5) is 0 Å². The molecule has 0 fully saturated rings. The van der Waals surface area contributed by atoms with Crippen molar-refractivity contribution in [1.82, 2.24) is 0 Å². The predicted octanol–water partition coefficient (Wildman–Crippen LogP) is 4.92. The van der Waals surface area contributed by atoms with Crippen LogP contribution < -0.4 is 5.63 Å². The Labute approximate surface area is 125 Å². The Kier molecular flexibility index (Phi) is 3.45. The van der Waals surface area contributed by atoms with Gasteiger partial charge in [-0.25, -0.2) is 4.79 Å². The molecule has 0 saturated carbocycles. The molecule has 2 nitrogen and oxygen atoms in total. The number of rotatable bonds is 2. The van der Waals surface area contributed by atoms with Crippen LogP contribution in [0.3, 0.4) is 0 Å². The standard InChI is InChI=1S/C17H13BrO2/c1-11(18)12-5-4-6-13(9-12)15-10-17(19)20-16-8-3-2-7-14(15)16/h2-11H,1H3. The van der Waals surface area contributed by atoms with Gasteiger partial charge in [0.25, 0.3) is 0 Å². The van der Waals surface area contributed by atoms with E-state index in [-0.39, 0.29) is 10.5 Å². The van der Waals surface area contributed by atoms with Crippen molar-refractivity contribution in [3.63, 3.8) is 0 Å². The first kappa shape index (κ1) is 13.1. The molecule has 1 aromatic heterocycles. The van der Waals surface area contributed by atoms with E-state index in [4.69, 9.17) is 4.42 Å². The van der Waals surface area contributed by atoms with Crippen molar-refractivity contribution in [3.8, 4) is 11.1 Å². The third kappa shape index (κ3) is 2.41. The molecule has 20 heavy (non-hydrogen) atoms. The molecule has 0 bridgehead atoms. The van der Waals surface area contributed by atoms with Crippen molar-refractivity contribution in [2.24, 2.45) is 0 Å². The van der Waals surface area contributed by atoms with Crippen molar-refractivity contribution in [2.75, 3.05) is 0 Å². The maximum Gasteiger partial charge on any atom is 0.336 e. The molecule has 100 valence electrons. The molecule has 0 spiro atoms. The highest BCUT2D eigenvalue weighted by molar-refractivity contribution is 9.09. The molecule has 2 aromatic carbocycles. The minimum absolute atomic E-state index is 0.272. The van der Waals surface area contributed by atoms with E-state index >= 15 is 0 Å². The van der Waals surface area contributed by atoms with Crippen LogP contribution in [0.5, 0.6) is 0 Å². The maximum atomic E-state index is 11.7. The zero-order valence-corrected chi connectivity index (χ0v) is 12.6. The first-order valence-corrected chi connectivity index (χ1v) is 7.34. The predicted molar refractivity (Wildman–Crippen MR) is 85.3 cm³/mol. The Hall–Kier alpha value is -1.87. The van der Waals surface area contributed by atoms with Crippen LogP contribution in [0.1, 0.15) is 17.3 Å². The molecule has 0 saturated heterocycles. The Morgan fingerprint density at radius 3 is 2.65 bits per heavy atom. The number of para-hydroxylation sites is 1. The number of hydrogen-bond acceptors (Lipinski definition) is 2. The molecule has 1 unspecified atom stereocenters. The van der Waals surface area contributed by atoms with Gasteiger partial charge in [0.2, 0.25) is 0 Å². The molecular formula is C17H13BrO2. The summed E-state index contributed by atoms with van der Waals surface area (Å²) in [6.45, 7) is 2.08. The minimum Gasteiger partial charge on any atom is -0.423 e. The molecule has 3 rings (SSSR count). The SMILES string of the molecule is CC(Br)c1cccc(-c2cc(=O)oc3ccccc23)c1. The van der Waals surface area contributed by atoms with Crippen LogP contribution >= 0.6 is 15.9 Å². The van der Waals surface area contributed by atoms with Gasteiger partial charge >= 0.3 is 5.63 Å². The molecule has 1 heterocycles. The molecule has 1 atom stereocenters. The molecule has 0 aliphatic heterocycles. The van der Waals surface area contributed by atoms with Gasteiger partial charge in [-0.05, 0) is 29.7 Å². The summed E-state index contributed by atoms with van der Waals surface area (Å²) in [5.74, 6) is 0. The van der Waals surface area contributed by atoms with Gasteiger partial charge in [-0.2, -0.15) is 0 Å². The van der Waals surface area contributed by atoms with Crippen LogP contribution in [0.25, 0.3) is 22.1 Å². The summed E-state index contributed by atoms with van der Waals surface area (Å²) in [6, 6.07) is 17.3. The first-order valence-electron chi connectivity index (χ1n) is 6.42. The number of benzene rings is 2. The summed E-state index contributed by atoms with van der Waals surface area (Å²) in [6.07, 6.45) is 0. The normalized spacial score (nSPS) is 12.5. The molecule has 0 radical (unpaired) electrons. The molecule has 0 N–H and O–H groups in total. The second kappa shape index (κ2) is 5.25. The van der Waals surface area contributed by atoms with Crippen LogP contribution in [0, 0.1) is 0 Å². The van der Waals surface area contributed by atoms with Crippen LogP contribution in [0.2, 0.25) is 0 Å². The second-order valence-electron chi connectivity index (χ2n) is 4.72. The molecule has 0 aliphatic rings. The lowest BCUT2D eigenvalue weighted by Gasteiger charge is -2.09. The van der Waals surface area contributed by atoms with E-state index in [2.05, 4.69) is 35.0 Å². The Bertz CT molecular complexity index is 818. The molecule has 0 aliphatic carbocycles. The van der Waals surface area contributed by atoms with Gasteiger partial charge in [0.1, 0.15) is 5.58 Å². The van der Waals surface area contributed by atoms with E-state index in [1.54, 1.807) is 6.07 Å². The lowest BCUT2D eigenvalue weighted by Crippen LogP contribution is -1.98. The summed E-state index contributed by atoms with van der Waals surface area (Å²) in [5, 5.41) is 0.950. The third-order valence-corrected chi connectivity index (χ3v) is 3.84. The van der Waals surface area contributed by atoms with Gasteiger partial charge in [0, 0.05) is 16.3 Å². The average molecular weight is 329 g/mol. The van der Waals surface area contributed by atoms with Crippen molar-refractivity contribution in [2.45, 2.75) is 11.8 Å². The highest BCUT2D eigenvalue weighted by Crippen LogP contribution is 2.30. The van der Waals surface area contributed by atoms with Crippen LogP contribution in [-0.4, -0.2) is 0 Å². The minimum atomic E-state index is -0.323. The number of fused-ring (bicyclic) bond motifs is 1. The van der Waals surface area contributed by atoms with Crippen molar-refractivity contribution >= 4 is 26.9 Å². The fourth-order valence-corrected chi connectivity index (χ4v) is 2.59. The Morgan fingerprint density at radius 1 is 1.05 bits per heavy atom. The van der Waals surface area contributed by atoms with Gasteiger partial charge in [0.15, 0.2) is 0 Å². The van der Waals surface area contributed by atoms with Crippen LogP contribution in [0.15, 0.2) is 63.8 Å². The molecule has 3 aromatic rings. The van der Waals surface area contributed by atoms with Gasteiger partial charge in [-0.15, -0.1) is 0 Å². The third-order valence-electron chi connectivity index (χ3n) is 3.31. The largest absolute Gasteiger partial charge is 0.423 e. The summed E-state index contributed by atoms with van der Waals surface area (Å²) in [7, 11) is 0. The van der Waals surface area contributed by atoms with Gasteiger partial charge in [0.05, 0.1) is 0 Å². The van der Waals surface area contributed by atoms with E-state index in [1.165, 1.54) is 5.56 Å². The zero-order chi connectivity index (χ0) is 14.1. The average Bonchev–Trinajstić information content (AvgIpc) is 2.46. The van der Waals surface area contributed by atoms with Gasteiger partial charge in [-0.1, -0.05) is 58.4 Å². The van der Waals surface area contributed by atoms with Crippen molar-refractivity contribution in [3.05, 3.63) is 70.6 Å². The monoisotopic (exact) mass is 328 g/mol. The van der Waals surface area contributed by atoms with Crippen molar-refractivity contribution < 1.29 is 4.42 Å².